The summed E-state index contributed by atoms with van der Waals surface area (Å²) in [5, 5.41) is 10.2. The van der Waals surface area contributed by atoms with Gasteiger partial charge >= 0.3 is 0 Å². The zero-order valence-corrected chi connectivity index (χ0v) is 13.4. The summed E-state index contributed by atoms with van der Waals surface area (Å²) in [7, 11) is 0. The molecule has 1 aromatic rings. The number of aromatic hydroxyl groups is 1. The topological polar surface area (TPSA) is 45.5 Å². The average molecular weight is 280 g/mol. The van der Waals surface area contributed by atoms with Crippen molar-refractivity contribution in [3.05, 3.63) is 27.7 Å². The van der Waals surface area contributed by atoms with Crippen LogP contribution in [-0.4, -0.2) is 27.7 Å². The quantitative estimate of drug-likeness (QED) is 0.835. The number of nitrogens with zero attached hydrogens (tertiary/aromatic N) is 2. The summed E-state index contributed by atoms with van der Waals surface area (Å²) in [5.74, 6) is -0.0979. The molecule has 0 aromatic carbocycles. The summed E-state index contributed by atoms with van der Waals surface area (Å²) in [6.07, 6.45) is 2.28. The Bertz CT molecular complexity index is 492. The number of aromatic nitrogens is 1. The van der Waals surface area contributed by atoms with E-state index in [2.05, 4.69) is 37.2 Å². The zero-order valence-electron chi connectivity index (χ0n) is 13.4. The fourth-order valence-corrected chi connectivity index (χ4v) is 2.61. The molecule has 0 aliphatic carbocycles. The number of hydrogen-bond donors (Lipinski definition) is 1. The van der Waals surface area contributed by atoms with Crippen LogP contribution in [0.2, 0.25) is 0 Å². The van der Waals surface area contributed by atoms with Crippen LogP contribution in [0, 0.1) is 6.92 Å². The Balaban J connectivity index is 3.17. The normalized spacial score (nSPS) is 11.6. The first-order valence-electron chi connectivity index (χ1n) is 7.58. The van der Waals surface area contributed by atoms with E-state index in [1.807, 2.05) is 6.92 Å². The molecule has 0 aliphatic heterocycles. The van der Waals surface area contributed by atoms with Gasteiger partial charge in [-0.3, -0.25) is 9.69 Å². The summed E-state index contributed by atoms with van der Waals surface area (Å²) in [4.78, 5) is 14.1. The standard InChI is InChI=1S/C16H28N2O2/c1-6-8-9-17(7-2)11-14-16(20)15(19)10-13(5)18(14)12(3)4/h10,12,20H,6-9,11H2,1-5H3. The van der Waals surface area contributed by atoms with E-state index < -0.39 is 0 Å². The van der Waals surface area contributed by atoms with Gasteiger partial charge in [0.2, 0.25) is 5.43 Å². The fraction of sp³-hybridized carbons (Fsp3) is 0.688. The van der Waals surface area contributed by atoms with E-state index in [0.717, 1.165) is 37.3 Å². The van der Waals surface area contributed by atoms with Gasteiger partial charge in [0, 0.05) is 24.3 Å². The first-order chi connectivity index (χ1) is 9.42. The van der Waals surface area contributed by atoms with Crippen molar-refractivity contribution in [1.29, 1.82) is 0 Å². The lowest BCUT2D eigenvalue weighted by Crippen LogP contribution is -2.28. The van der Waals surface area contributed by atoms with Gasteiger partial charge in [-0.05, 0) is 40.3 Å². The van der Waals surface area contributed by atoms with Crippen LogP contribution in [0.1, 0.15) is 58.0 Å². The highest BCUT2D eigenvalue weighted by molar-refractivity contribution is 5.30. The van der Waals surface area contributed by atoms with Crippen molar-refractivity contribution >= 4 is 0 Å². The molecule has 4 nitrogen and oxygen atoms in total. The van der Waals surface area contributed by atoms with Gasteiger partial charge in [-0.2, -0.15) is 0 Å². The molecular formula is C16H28N2O2. The maximum absolute atomic E-state index is 11.8. The average Bonchev–Trinajstić information content (AvgIpc) is 2.39. The molecule has 1 N–H and O–H groups in total. The first-order valence-corrected chi connectivity index (χ1v) is 7.58. The molecule has 0 fully saturated rings. The van der Waals surface area contributed by atoms with Crippen LogP contribution in [0.3, 0.4) is 0 Å². The Morgan fingerprint density at radius 2 is 2.00 bits per heavy atom. The van der Waals surface area contributed by atoms with Gasteiger partial charge in [0.25, 0.3) is 0 Å². The molecule has 1 heterocycles. The van der Waals surface area contributed by atoms with Gasteiger partial charge in [0.1, 0.15) is 0 Å². The van der Waals surface area contributed by atoms with Crippen LogP contribution in [0.5, 0.6) is 5.75 Å². The third-order valence-corrected chi connectivity index (χ3v) is 3.68. The molecule has 0 saturated carbocycles. The van der Waals surface area contributed by atoms with Crippen molar-refractivity contribution in [3.8, 4) is 5.75 Å². The second kappa shape index (κ2) is 7.48. The van der Waals surface area contributed by atoms with Crippen LogP contribution in [-0.2, 0) is 6.54 Å². The molecule has 0 spiro atoms. The minimum Gasteiger partial charge on any atom is -0.503 e. The smallest absolute Gasteiger partial charge is 0.223 e. The molecule has 0 saturated heterocycles. The molecule has 0 amide bonds. The van der Waals surface area contributed by atoms with Crippen molar-refractivity contribution in [2.75, 3.05) is 13.1 Å². The minimum atomic E-state index is -0.277. The van der Waals surface area contributed by atoms with Crippen LogP contribution < -0.4 is 5.43 Å². The third kappa shape index (κ3) is 3.85. The lowest BCUT2D eigenvalue weighted by molar-refractivity contribution is 0.259. The van der Waals surface area contributed by atoms with E-state index in [9.17, 15) is 9.90 Å². The van der Waals surface area contributed by atoms with E-state index in [1.54, 1.807) is 0 Å². The Hall–Kier alpha value is -1.29. The van der Waals surface area contributed by atoms with Crippen molar-refractivity contribution in [1.82, 2.24) is 9.47 Å². The molecular weight excluding hydrogens is 252 g/mol. The predicted molar refractivity (Wildman–Crippen MR) is 83.3 cm³/mol. The molecule has 1 rings (SSSR count). The summed E-state index contributed by atoms with van der Waals surface area (Å²) in [5.41, 5.74) is 1.37. The molecule has 0 aliphatic rings. The maximum atomic E-state index is 11.8. The highest BCUT2D eigenvalue weighted by atomic mass is 16.3. The number of aryl methyl sites for hydroxylation is 1. The van der Waals surface area contributed by atoms with Crippen LogP contribution in [0.4, 0.5) is 0 Å². The van der Waals surface area contributed by atoms with E-state index in [1.165, 1.54) is 6.07 Å². The van der Waals surface area contributed by atoms with Gasteiger partial charge in [0.05, 0.1) is 5.69 Å². The van der Waals surface area contributed by atoms with E-state index in [-0.39, 0.29) is 17.2 Å². The van der Waals surface area contributed by atoms with Gasteiger partial charge in [-0.15, -0.1) is 0 Å². The maximum Gasteiger partial charge on any atom is 0.223 e. The van der Waals surface area contributed by atoms with E-state index in [0.29, 0.717) is 6.54 Å². The van der Waals surface area contributed by atoms with Gasteiger partial charge < -0.3 is 9.67 Å². The Kier molecular flexibility index (Phi) is 6.27. The van der Waals surface area contributed by atoms with Crippen molar-refractivity contribution < 1.29 is 5.11 Å². The predicted octanol–water partition coefficient (Wildman–Crippen LogP) is 3.07. The molecule has 4 heteroatoms. The third-order valence-electron chi connectivity index (χ3n) is 3.68. The largest absolute Gasteiger partial charge is 0.503 e. The number of rotatable bonds is 7. The zero-order chi connectivity index (χ0) is 15.3. The Morgan fingerprint density at radius 1 is 1.35 bits per heavy atom. The summed E-state index contributed by atoms with van der Waals surface area (Å²) >= 11 is 0. The van der Waals surface area contributed by atoms with E-state index >= 15 is 0 Å². The summed E-state index contributed by atoms with van der Waals surface area (Å²) < 4.78 is 2.06. The number of unbranched alkanes of at least 4 members (excludes halogenated alkanes) is 1. The molecule has 0 atom stereocenters. The second-order valence-corrected chi connectivity index (χ2v) is 5.63. The molecule has 0 radical (unpaired) electrons. The number of pyridine rings is 1. The first kappa shape index (κ1) is 16.8. The monoisotopic (exact) mass is 280 g/mol. The minimum absolute atomic E-state index is 0.0979. The highest BCUT2D eigenvalue weighted by Crippen LogP contribution is 2.21. The van der Waals surface area contributed by atoms with Crippen LogP contribution >= 0.6 is 0 Å². The van der Waals surface area contributed by atoms with Crippen LogP contribution in [0.25, 0.3) is 0 Å². The molecule has 1 aromatic heterocycles. The van der Waals surface area contributed by atoms with Crippen molar-refractivity contribution in [2.45, 2.75) is 60.0 Å². The molecule has 0 unspecified atom stereocenters. The molecule has 0 bridgehead atoms. The summed E-state index contributed by atoms with van der Waals surface area (Å²) in [6.45, 7) is 12.9. The molecule has 114 valence electrons. The SMILES string of the molecule is CCCCN(CC)Cc1c(O)c(=O)cc(C)n1C(C)C. The van der Waals surface area contributed by atoms with Crippen molar-refractivity contribution in [3.63, 3.8) is 0 Å². The second-order valence-electron chi connectivity index (χ2n) is 5.63. The lowest BCUT2D eigenvalue weighted by Gasteiger charge is -2.26. The van der Waals surface area contributed by atoms with E-state index in [4.69, 9.17) is 0 Å². The number of hydrogen-bond acceptors (Lipinski definition) is 3. The lowest BCUT2D eigenvalue weighted by atomic mass is 10.2. The van der Waals surface area contributed by atoms with Crippen molar-refractivity contribution in [2.24, 2.45) is 0 Å². The fourth-order valence-electron chi connectivity index (χ4n) is 2.61. The molecule has 20 heavy (non-hydrogen) atoms. The Labute approximate surface area is 122 Å². The van der Waals surface area contributed by atoms with Crippen LogP contribution in [0.15, 0.2) is 10.9 Å². The summed E-state index contributed by atoms with van der Waals surface area (Å²) in [6, 6.07) is 1.74. The van der Waals surface area contributed by atoms with Gasteiger partial charge in [0.15, 0.2) is 5.75 Å². The highest BCUT2D eigenvalue weighted by Gasteiger charge is 2.17. The Morgan fingerprint density at radius 3 is 2.50 bits per heavy atom. The van der Waals surface area contributed by atoms with Gasteiger partial charge in [-0.25, -0.2) is 0 Å². The van der Waals surface area contributed by atoms with Gasteiger partial charge in [-0.1, -0.05) is 20.3 Å².